The van der Waals surface area contributed by atoms with Crippen LogP contribution in [0.15, 0.2) is 40.6 Å². The highest BCUT2D eigenvalue weighted by atomic mass is 32.2. The van der Waals surface area contributed by atoms with Crippen molar-refractivity contribution in [2.45, 2.75) is 17.0 Å². The normalized spacial score (nSPS) is 10.2. The van der Waals surface area contributed by atoms with E-state index in [1.165, 1.54) is 18.9 Å². The first-order valence-electron chi connectivity index (χ1n) is 5.55. The van der Waals surface area contributed by atoms with Crippen LogP contribution < -0.4 is 5.73 Å². The molecule has 1 aromatic carbocycles. The number of nitrogens with two attached hydrogens (primary N) is 1. The van der Waals surface area contributed by atoms with Gasteiger partial charge < -0.3 is 10.5 Å². The maximum atomic E-state index is 11.5. The minimum absolute atomic E-state index is 0.347. The third-order valence-corrected chi connectivity index (χ3v) is 3.40. The van der Waals surface area contributed by atoms with Crippen LogP contribution in [0.2, 0.25) is 0 Å². The van der Waals surface area contributed by atoms with Gasteiger partial charge in [-0.05, 0) is 36.4 Å². The Morgan fingerprint density at radius 3 is 2.63 bits per heavy atom. The van der Waals surface area contributed by atoms with E-state index in [2.05, 4.69) is 14.7 Å². The molecule has 2 aromatic rings. The molecule has 5 nitrogen and oxygen atoms in total. The van der Waals surface area contributed by atoms with Crippen molar-refractivity contribution < 1.29 is 9.53 Å². The highest BCUT2D eigenvalue weighted by Gasteiger charge is 2.14. The lowest BCUT2D eigenvalue weighted by atomic mass is 10.2. The second-order valence-electron chi connectivity index (χ2n) is 3.85. The van der Waals surface area contributed by atoms with Crippen molar-refractivity contribution in [2.24, 2.45) is 0 Å². The van der Waals surface area contributed by atoms with E-state index in [4.69, 9.17) is 5.73 Å². The van der Waals surface area contributed by atoms with Crippen molar-refractivity contribution in [1.82, 2.24) is 9.97 Å². The van der Waals surface area contributed by atoms with Crippen LogP contribution in [-0.4, -0.2) is 23.0 Å². The van der Waals surface area contributed by atoms with Gasteiger partial charge in [0.2, 0.25) is 0 Å². The van der Waals surface area contributed by atoms with Crippen molar-refractivity contribution in [3.05, 3.63) is 41.7 Å². The molecule has 0 fully saturated rings. The molecule has 0 bridgehead atoms. The second kappa shape index (κ2) is 5.71. The second-order valence-corrected chi connectivity index (χ2v) is 4.86. The number of anilines is 1. The van der Waals surface area contributed by atoms with Crippen molar-refractivity contribution in [2.75, 3.05) is 12.8 Å². The summed E-state index contributed by atoms with van der Waals surface area (Å²) >= 11 is 1.31. The molecule has 0 amide bonds. The topological polar surface area (TPSA) is 78.1 Å². The van der Waals surface area contributed by atoms with Crippen molar-refractivity contribution in [3.8, 4) is 0 Å². The van der Waals surface area contributed by atoms with Gasteiger partial charge in [0, 0.05) is 17.3 Å². The monoisotopic (exact) mass is 275 g/mol. The van der Waals surface area contributed by atoms with Gasteiger partial charge in [0.25, 0.3) is 0 Å². The summed E-state index contributed by atoms with van der Waals surface area (Å²) in [4.78, 5) is 20.6. The van der Waals surface area contributed by atoms with E-state index in [1.54, 1.807) is 24.5 Å². The number of carbonyl (C=O) groups is 1. The SMILES string of the molecule is COC(=O)c1cccc(Sc2ncc(C)cn2)c1N. The summed E-state index contributed by atoms with van der Waals surface area (Å²) in [6.45, 7) is 1.92. The van der Waals surface area contributed by atoms with Gasteiger partial charge in [-0.2, -0.15) is 0 Å². The molecule has 0 unspecified atom stereocenters. The number of aromatic nitrogens is 2. The molecular weight excluding hydrogens is 262 g/mol. The fourth-order valence-electron chi connectivity index (χ4n) is 1.45. The molecule has 0 aliphatic carbocycles. The van der Waals surface area contributed by atoms with Crippen molar-refractivity contribution in [1.29, 1.82) is 0 Å². The Morgan fingerprint density at radius 2 is 2.00 bits per heavy atom. The molecule has 2 N–H and O–H groups in total. The molecule has 19 heavy (non-hydrogen) atoms. The molecule has 1 heterocycles. The first-order chi connectivity index (χ1) is 9.11. The Bertz CT molecular complexity index is 599. The molecule has 0 aliphatic rings. The average molecular weight is 275 g/mol. The van der Waals surface area contributed by atoms with E-state index >= 15 is 0 Å². The number of hydrogen-bond donors (Lipinski definition) is 1. The van der Waals surface area contributed by atoms with Crippen LogP contribution in [0.1, 0.15) is 15.9 Å². The number of esters is 1. The Kier molecular flexibility index (Phi) is 4.01. The van der Waals surface area contributed by atoms with Crippen LogP contribution in [0, 0.1) is 6.92 Å². The molecule has 0 radical (unpaired) electrons. The van der Waals surface area contributed by atoms with Gasteiger partial charge in [-0.25, -0.2) is 14.8 Å². The number of methoxy groups -OCH3 is 1. The third-order valence-electron chi connectivity index (χ3n) is 2.43. The molecule has 0 atom stereocenters. The summed E-state index contributed by atoms with van der Waals surface area (Å²) in [6.07, 6.45) is 3.46. The van der Waals surface area contributed by atoms with Crippen molar-refractivity contribution >= 4 is 23.4 Å². The standard InChI is InChI=1S/C13H13N3O2S/c1-8-6-15-13(16-7-8)19-10-5-3-4-9(11(10)14)12(17)18-2/h3-7H,14H2,1-2H3. The molecule has 6 heteroatoms. The molecule has 98 valence electrons. The van der Waals surface area contributed by atoms with Gasteiger partial charge in [-0.15, -0.1) is 0 Å². The zero-order valence-corrected chi connectivity index (χ0v) is 11.4. The highest BCUT2D eigenvalue weighted by molar-refractivity contribution is 7.99. The lowest BCUT2D eigenvalue weighted by Gasteiger charge is -2.08. The largest absolute Gasteiger partial charge is 0.465 e. The van der Waals surface area contributed by atoms with Gasteiger partial charge in [0.05, 0.1) is 18.4 Å². The zero-order valence-electron chi connectivity index (χ0n) is 10.6. The van der Waals surface area contributed by atoms with Crippen LogP contribution in [-0.2, 0) is 4.74 Å². The summed E-state index contributed by atoms with van der Waals surface area (Å²) in [5, 5.41) is 0.583. The van der Waals surface area contributed by atoms with E-state index in [9.17, 15) is 4.79 Å². The fourth-order valence-corrected chi connectivity index (χ4v) is 2.23. The Labute approximate surface area is 115 Å². The predicted molar refractivity (Wildman–Crippen MR) is 73.1 cm³/mol. The molecule has 0 spiro atoms. The van der Waals surface area contributed by atoms with Crippen LogP contribution in [0.25, 0.3) is 0 Å². The van der Waals surface area contributed by atoms with Gasteiger partial charge >= 0.3 is 5.97 Å². The number of rotatable bonds is 3. The first-order valence-corrected chi connectivity index (χ1v) is 6.36. The summed E-state index contributed by atoms with van der Waals surface area (Å²) in [5.41, 5.74) is 7.67. The van der Waals surface area contributed by atoms with E-state index in [1.807, 2.05) is 13.0 Å². The maximum Gasteiger partial charge on any atom is 0.339 e. The van der Waals surface area contributed by atoms with E-state index in [0.717, 1.165) is 10.5 Å². The van der Waals surface area contributed by atoms with Crippen LogP contribution >= 0.6 is 11.8 Å². The number of hydrogen-bond acceptors (Lipinski definition) is 6. The van der Waals surface area contributed by atoms with E-state index < -0.39 is 5.97 Å². The molecule has 0 saturated heterocycles. The van der Waals surface area contributed by atoms with E-state index in [0.29, 0.717) is 16.4 Å². The number of benzene rings is 1. The summed E-state index contributed by atoms with van der Waals surface area (Å²) in [7, 11) is 1.32. The van der Waals surface area contributed by atoms with Crippen LogP contribution in [0.5, 0.6) is 0 Å². The molecule has 0 aliphatic heterocycles. The third kappa shape index (κ3) is 3.03. The smallest absolute Gasteiger partial charge is 0.339 e. The number of carbonyl (C=O) groups excluding carboxylic acids is 1. The number of nitrogens with zero attached hydrogens (tertiary/aromatic N) is 2. The van der Waals surface area contributed by atoms with Crippen molar-refractivity contribution in [3.63, 3.8) is 0 Å². The highest BCUT2D eigenvalue weighted by Crippen LogP contribution is 2.31. The average Bonchev–Trinajstić information content (AvgIpc) is 2.43. The maximum absolute atomic E-state index is 11.5. The predicted octanol–water partition coefficient (Wildman–Crippen LogP) is 2.31. The number of para-hydroxylation sites is 1. The minimum Gasteiger partial charge on any atom is -0.465 e. The number of aryl methyl sites for hydroxylation is 1. The summed E-state index contributed by atoms with van der Waals surface area (Å²) < 4.78 is 4.68. The summed E-state index contributed by atoms with van der Waals surface area (Å²) in [5.74, 6) is -0.454. The lowest BCUT2D eigenvalue weighted by Crippen LogP contribution is -2.06. The minimum atomic E-state index is -0.454. The van der Waals surface area contributed by atoms with Gasteiger partial charge in [-0.1, -0.05) is 6.07 Å². The van der Waals surface area contributed by atoms with E-state index in [-0.39, 0.29) is 0 Å². The summed E-state index contributed by atoms with van der Waals surface area (Å²) in [6, 6.07) is 5.19. The molecular formula is C13H13N3O2S. The zero-order chi connectivity index (χ0) is 13.8. The fraction of sp³-hybridized carbons (Fsp3) is 0.154. The Morgan fingerprint density at radius 1 is 1.32 bits per heavy atom. The van der Waals surface area contributed by atoms with Crippen LogP contribution in [0.4, 0.5) is 5.69 Å². The molecule has 0 saturated carbocycles. The Hall–Kier alpha value is -2.08. The molecule has 1 aromatic heterocycles. The first kappa shape index (κ1) is 13.4. The van der Waals surface area contributed by atoms with Gasteiger partial charge in [0.15, 0.2) is 5.16 Å². The van der Waals surface area contributed by atoms with Gasteiger partial charge in [-0.3, -0.25) is 0 Å². The number of ether oxygens (including phenoxy) is 1. The van der Waals surface area contributed by atoms with Crippen LogP contribution in [0.3, 0.4) is 0 Å². The van der Waals surface area contributed by atoms with Gasteiger partial charge in [0.1, 0.15) is 0 Å². The number of nitrogen functional groups attached to an aromatic ring is 1. The Balaban J connectivity index is 2.30. The molecule has 2 rings (SSSR count). The quantitative estimate of drug-likeness (QED) is 0.526. The lowest BCUT2D eigenvalue weighted by molar-refractivity contribution is 0.0601.